The van der Waals surface area contributed by atoms with Crippen LogP contribution in [-0.2, 0) is 22.6 Å². The maximum atomic E-state index is 15.9. The van der Waals surface area contributed by atoms with E-state index in [9.17, 15) is 19.5 Å². The number of anilines is 4. The third-order valence-electron chi connectivity index (χ3n) is 11.0. The number of benzene rings is 3. The maximum absolute atomic E-state index is 15.9. The molecular weight excluding hydrogens is 714 g/mol. The van der Waals surface area contributed by atoms with Gasteiger partial charge in [-0.25, -0.2) is 19.6 Å². The van der Waals surface area contributed by atoms with Crippen LogP contribution in [-0.4, -0.2) is 107 Å². The van der Waals surface area contributed by atoms with Gasteiger partial charge < -0.3 is 35.8 Å². The fraction of sp³-hybridized carbons (Fsp3) is 0.405. The van der Waals surface area contributed by atoms with Gasteiger partial charge in [-0.05, 0) is 61.1 Å². The quantitative estimate of drug-likeness (QED) is 0.154. The molecule has 3 amide bonds. The first-order valence-electron chi connectivity index (χ1n) is 19.6. The van der Waals surface area contributed by atoms with Crippen molar-refractivity contribution in [2.45, 2.75) is 50.7 Å². The van der Waals surface area contributed by atoms with Crippen LogP contribution in [0.3, 0.4) is 0 Å². The van der Waals surface area contributed by atoms with Gasteiger partial charge in [-0.2, -0.15) is 4.39 Å². The Hall–Kier alpha value is -5.76. The number of hydrogen-bond acceptors (Lipinski definition) is 9. The summed E-state index contributed by atoms with van der Waals surface area (Å²) in [6.45, 7) is 6.07. The smallest absolute Gasteiger partial charge is 0.326 e. The maximum Gasteiger partial charge on any atom is 0.326 e. The molecule has 3 fully saturated rings. The SMILES string of the molecule is O=C(N[C@@H](Cc1ccc(NC(=O)N2CCN(c3ccccc3)CC2)cc1)C(=O)O)C1CCCN(c2ncnc(NC3CCN(Cc4ccccc4)CC3)c2F)C1. The van der Waals surface area contributed by atoms with E-state index in [1.807, 2.05) is 36.4 Å². The summed E-state index contributed by atoms with van der Waals surface area (Å²) in [5.74, 6) is -2.35. The van der Waals surface area contributed by atoms with Crippen molar-refractivity contribution in [1.29, 1.82) is 0 Å². The molecule has 2 atom stereocenters. The molecule has 3 aliphatic heterocycles. The van der Waals surface area contributed by atoms with Gasteiger partial charge in [-0.1, -0.05) is 60.7 Å². The summed E-state index contributed by atoms with van der Waals surface area (Å²) in [5.41, 5.74) is 3.71. The molecule has 0 aliphatic carbocycles. The molecule has 3 aliphatic rings. The molecule has 1 aromatic heterocycles. The van der Waals surface area contributed by atoms with E-state index < -0.39 is 29.7 Å². The van der Waals surface area contributed by atoms with Crippen LogP contribution in [0.2, 0.25) is 0 Å². The molecule has 0 saturated carbocycles. The zero-order chi connectivity index (χ0) is 38.9. The largest absolute Gasteiger partial charge is 0.480 e. The van der Waals surface area contributed by atoms with E-state index in [0.29, 0.717) is 43.7 Å². The predicted octanol–water partition coefficient (Wildman–Crippen LogP) is 5.07. The Kier molecular flexibility index (Phi) is 12.6. The zero-order valence-corrected chi connectivity index (χ0v) is 31.5. The second kappa shape index (κ2) is 18.2. The number of nitrogens with one attached hydrogen (secondary N) is 3. The number of rotatable bonds is 12. The van der Waals surface area contributed by atoms with Crippen molar-refractivity contribution in [2.24, 2.45) is 5.92 Å². The molecule has 3 aromatic carbocycles. The standard InChI is InChI=1S/C42H50FN9O4/c43-37-38(46-34-17-20-49(21-18-34)27-31-8-3-1-4-9-31)44-29-45-39(37)52-19-7-10-32(28-52)40(53)48-36(41(54)55)26-30-13-15-33(16-14-30)47-42(56)51-24-22-50(23-25-51)35-11-5-2-6-12-35/h1-6,8-9,11-16,29,32,34,36H,7,10,17-28H2,(H,47,56)(H,48,53)(H,54,55)(H,44,45,46)/t32?,36-/m0/s1. The highest BCUT2D eigenvalue weighted by Gasteiger charge is 2.32. The van der Waals surface area contributed by atoms with Crippen molar-refractivity contribution >= 4 is 40.9 Å². The number of carboxylic acids is 1. The van der Waals surface area contributed by atoms with Gasteiger partial charge in [-0.3, -0.25) is 9.69 Å². The molecule has 3 saturated heterocycles. The number of amides is 3. The minimum absolute atomic E-state index is 0.0634. The summed E-state index contributed by atoms with van der Waals surface area (Å²) in [4.78, 5) is 55.4. The van der Waals surface area contributed by atoms with Crippen LogP contribution < -0.4 is 25.8 Å². The third-order valence-corrected chi connectivity index (χ3v) is 11.0. The van der Waals surface area contributed by atoms with Crippen molar-refractivity contribution in [3.63, 3.8) is 0 Å². The first-order chi connectivity index (χ1) is 27.3. The Bertz CT molecular complexity index is 1920. The van der Waals surface area contributed by atoms with Crippen LogP contribution in [0.1, 0.15) is 36.8 Å². The number of hydrogen-bond donors (Lipinski definition) is 4. The molecular formula is C42H50FN9O4. The van der Waals surface area contributed by atoms with E-state index in [4.69, 9.17) is 0 Å². The normalized spacial score (nSPS) is 18.6. The molecule has 294 valence electrons. The molecule has 56 heavy (non-hydrogen) atoms. The van der Waals surface area contributed by atoms with Gasteiger partial charge in [0, 0.05) is 82.7 Å². The van der Waals surface area contributed by atoms with Crippen molar-refractivity contribution in [3.05, 3.63) is 108 Å². The monoisotopic (exact) mass is 763 g/mol. The topological polar surface area (TPSA) is 146 Å². The van der Waals surface area contributed by atoms with Gasteiger partial charge in [0.1, 0.15) is 12.4 Å². The molecule has 13 nitrogen and oxygen atoms in total. The summed E-state index contributed by atoms with van der Waals surface area (Å²) in [6, 6.07) is 26.2. The first kappa shape index (κ1) is 38.5. The number of piperidine rings is 2. The molecule has 4 aromatic rings. The third kappa shape index (κ3) is 9.91. The minimum Gasteiger partial charge on any atom is -0.480 e. The predicted molar refractivity (Wildman–Crippen MR) is 214 cm³/mol. The Balaban J connectivity index is 0.882. The number of carbonyl (C=O) groups excluding carboxylic acids is 2. The van der Waals surface area contributed by atoms with Gasteiger partial charge in [0.25, 0.3) is 0 Å². The average Bonchev–Trinajstić information content (AvgIpc) is 3.23. The zero-order valence-electron chi connectivity index (χ0n) is 31.5. The molecule has 14 heteroatoms. The van der Waals surface area contributed by atoms with E-state index in [2.05, 4.69) is 60.0 Å². The van der Waals surface area contributed by atoms with E-state index >= 15 is 4.39 Å². The number of para-hydroxylation sites is 1. The summed E-state index contributed by atoms with van der Waals surface area (Å²) < 4.78 is 15.9. The lowest BCUT2D eigenvalue weighted by Crippen LogP contribution is -2.50. The number of likely N-dealkylation sites (tertiary alicyclic amines) is 1. The van der Waals surface area contributed by atoms with Crippen molar-refractivity contribution in [3.8, 4) is 0 Å². The molecule has 0 bridgehead atoms. The average molecular weight is 764 g/mol. The Labute approximate surface area is 326 Å². The van der Waals surface area contributed by atoms with Gasteiger partial charge >= 0.3 is 12.0 Å². The van der Waals surface area contributed by atoms with Crippen LogP contribution in [0, 0.1) is 11.7 Å². The van der Waals surface area contributed by atoms with Crippen LogP contribution in [0.15, 0.2) is 91.3 Å². The van der Waals surface area contributed by atoms with Crippen LogP contribution >= 0.6 is 0 Å². The van der Waals surface area contributed by atoms with Gasteiger partial charge in [0.15, 0.2) is 11.6 Å². The Morgan fingerprint density at radius 1 is 0.786 bits per heavy atom. The fourth-order valence-corrected chi connectivity index (χ4v) is 7.79. The van der Waals surface area contributed by atoms with E-state index in [1.165, 1.54) is 11.9 Å². The second-order valence-corrected chi connectivity index (χ2v) is 14.9. The molecule has 7 rings (SSSR count). The summed E-state index contributed by atoms with van der Waals surface area (Å²) in [5, 5.41) is 19.0. The van der Waals surface area contributed by atoms with Crippen LogP contribution in [0.25, 0.3) is 0 Å². The molecule has 1 unspecified atom stereocenters. The van der Waals surface area contributed by atoms with Crippen LogP contribution in [0.4, 0.5) is 32.2 Å². The molecule has 4 N–H and O–H groups in total. The molecule has 4 heterocycles. The Morgan fingerprint density at radius 3 is 2.18 bits per heavy atom. The van der Waals surface area contributed by atoms with Crippen molar-refractivity contribution in [1.82, 2.24) is 25.1 Å². The summed E-state index contributed by atoms with van der Waals surface area (Å²) in [7, 11) is 0. The number of piperazine rings is 1. The number of urea groups is 1. The lowest BCUT2D eigenvalue weighted by Gasteiger charge is -2.36. The molecule has 0 spiro atoms. The number of nitrogens with zero attached hydrogens (tertiary/aromatic N) is 6. The number of carbonyl (C=O) groups is 3. The number of aromatic nitrogens is 2. The number of carboxylic acid groups (broad SMARTS) is 1. The van der Waals surface area contributed by atoms with E-state index in [0.717, 1.165) is 51.3 Å². The van der Waals surface area contributed by atoms with Crippen LogP contribution in [0.5, 0.6) is 0 Å². The second-order valence-electron chi connectivity index (χ2n) is 14.9. The summed E-state index contributed by atoms with van der Waals surface area (Å²) in [6.07, 6.45) is 4.29. The lowest BCUT2D eigenvalue weighted by atomic mass is 9.96. The number of aliphatic carboxylic acids is 1. The van der Waals surface area contributed by atoms with Crippen molar-refractivity contribution in [2.75, 3.05) is 72.8 Å². The van der Waals surface area contributed by atoms with E-state index in [1.54, 1.807) is 34.1 Å². The molecule has 0 radical (unpaired) electrons. The summed E-state index contributed by atoms with van der Waals surface area (Å²) >= 11 is 0. The lowest BCUT2D eigenvalue weighted by molar-refractivity contribution is -0.142. The van der Waals surface area contributed by atoms with Crippen molar-refractivity contribution < 1.29 is 23.9 Å². The first-order valence-corrected chi connectivity index (χ1v) is 19.6. The Morgan fingerprint density at radius 2 is 1.48 bits per heavy atom. The van der Waals surface area contributed by atoms with E-state index in [-0.39, 0.29) is 36.7 Å². The number of halogens is 1. The van der Waals surface area contributed by atoms with Gasteiger partial charge in [0.05, 0.1) is 5.92 Å². The van der Waals surface area contributed by atoms with Gasteiger partial charge in [0.2, 0.25) is 11.7 Å². The highest BCUT2D eigenvalue weighted by Crippen LogP contribution is 2.28. The minimum atomic E-state index is -1.16. The highest BCUT2D eigenvalue weighted by molar-refractivity contribution is 5.89. The highest BCUT2D eigenvalue weighted by atomic mass is 19.1. The fourth-order valence-electron chi connectivity index (χ4n) is 7.79. The van der Waals surface area contributed by atoms with Gasteiger partial charge in [-0.15, -0.1) is 0 Å².